The van der Waals surface area contributed by atoms with Gasteiger partial charge in [0.25, 0.3) is 0 Å². The molecule has 0 saturated heterocycles. The van der Waals surface area contributed by atoms with Crippen molar-refractivity contribution in [2.45, 2.75) is 64.7 Å². The van der Waals surface area contributed by atoms with Gasteiger partial charge in [0.15, 0.2) is 0 Å². The van der Waals surface area contributed by atoms with Crippen LogP contribution in [0.4, 0.5) is 0 Å². The zero-order chi connectivity index (χ0) is 10.6. The van der Waals surface area contributed by atoms with Gasteiger partial charge in [-0.2, -0.15) is 0 Å². The second-order valence-electron chi connectivity index (χ2n) is 4.00. The van der Waals surface area contributed by atoms with Gasteiger partial charge < -0.3 is 5.73 Å². The molecular weight excluding hydrogens is 170 g/mol. The summed E-state index contributed by atoms with van der Waals surface area (Å²) in [7, 11) is 0. The number of nitrogens with two attached hydrogens (primary N) is 1. The van der Waals surface area contributed by atoms with E-state index in [0.717, 1.165) is 12.5 Å². The summed E-state index contributed by atoms with van der Waals surface area (Å²) in [5.74, 6) is 0. The minimum atomic E-state index is 0.941. The molecule has 2 N–H and O–H groups in total. The summed E-state index contributed by atoms with van der Waals surface area (Å²) in [6.07, 6.45) is 13.7. The Morgan fingerprint density at radius 2 is 1.50 bits per heavy atom. The normalized spacial score (nSPS) is 10.8. The van der Waals surface area contributed by atoms with Crippen LogP contribution < -0.4 is 5.73 Å². The molecule has 0 aliphatic heterocycles. The van der Waals surface area contributed by atoms with Crippen molar-refractivity contribution in [2.24, 2.45) is 5.73 Å². The van der Waals surface area contributed by atoms with Gasteiger partial charge in [-0.15, -0.1) is 6.58 Å². The first-order valence-electron chi connectivity index (χ1n) is 6.05. The van der Waals surface area contributed by atoms with Crippen LogP contribution in [0.1, 0.15) is 64.7 Å². The highest BCUT2D eigenvalue weighted by molar-refractivity contribution is 4.99. The fourth-order valence-electron chi connectivity index (χ4n) is 1.57. The monoisotopic (exact) mass is 196 g/mol. The Morgan fingerprint density at radius 3 is 2.00 bits per heavy atom. The van der Waals surface area contributed by atoms with E-state index in [1.165, 1.54) is 51.4 Å². The lowest BCUT2D eigenvalue weighted by Crippen LogP contribution is -2.05. The maximum absolute atomic E-state index is 5.65. The molecule has 0 spiro atoms. The molecule has 0 bridgehead atoms. The first-order chi connectivity index (χ1) is 6.81. The Morgan fingerprint density at radius 1 is 1.00 bits per heavy atom. The van der Waals surface area contributed by atoms with Crippen molar-refractivity contribution in [3.8, 4) is 0 Å². The number of rotatable bonds is 10. The van der Waals surface area contributed by atoms with Crippen LogP contribution in [-0.4, -0.2) is 0 Å². The molecule has 0 aromatic carbocycles. The molecule has 1 radical (unpaired) electrons. The van der Waals surface area contributed by atoms with Gasteiger partial charge in [-0.3, -0.25) is 0 Å². The highest BCUT2D eigenvalue weighted by Crippen LogP contribution is 2.11. The van der Waals surface area contributed by atoms with E-state index >= 15 is 0 Å². The molecule has 0 unspecified atom stereocenters. The van der Waals surface area contributed by atoms with E-state index in [2.05, 4.69) is 13.5 Å². The van der Waals surface area contributed by atoms with Crippen molar-refractivity contribution in [3.63, 3.8) is 0 Å². The zero-order valence-electron chi connectivity index (χ0n) is 9.73. The van der Waals surface area contributed by atoms with Crippen LogP contribution in [0.2, 0.25) is 0 Å². The summed E-state index contributed by atoms with van der Waals surface area (Å²) in [5.41, 5.74) is 5.65. The zero-order valence-corrected chi connectivity index (χ0v) is 9.73. The molecule has 14 heavy (non-hydrogen) atoms. The van der Waals surface area contributed by atoms with E-state index in [4.69, 9.17) is 5.73 Å². The van der Waals surface area contributed by atoms with E-state index in [9.17, 15) is 0 Å². The molecule has 0 amide bonds. The van der Waals surface area contributed by atoms with Gasteiger partial charge in [-0.1, -0.05) is 64.4 Å². The molecule has 0 aromatic heterocycles. The van der Waals surface area contributed by atoms with E-state index < -0.39 is 0 Å². The van der Waals surface area contributed by atoms with Crippen LogP contribution in [0.5, 0.6) is 0 Å². The van der Waals surface area contributed by atoms with Gasteiger partial charge in [0.05, 0.1) is 6.04 Å². The minimum absolute atomic E-state index is 0.941. The van der Waals surface area contributed by atoms with Gasteiger partial charge >= 0.3 is 0 Å². The molecule has 0 aliphatic carbocycles. The molecule has 1 nitrogen and oxygen atoms in total. The number of unbranched alkanes of at least 4 members (excludes halogenated alkanes) is 7. The highest BCUT2D eigenvalue weighted by Gasteiger charge is 1.96. The summed E-state index contributed by atoms with van der Waals surface area (Å²) < 4.78 is 0. The van der Waals surface area contributed by atoms with E-state index in [0.29, 0.717) is 0 Å². The Kier molecular flexibility index (Phi) is 10.5. The third kappa shape index (κ3) is 9.79. The van der Waals surface area contributed by atoms with E-state index in [1.54, 1.807) is 6.08 Å². The smallest absolute Gasteiger partial charge is 0.0555 e. The maximum Gasteiger partial charge on any atom is 0.0555 e. The van der Waals surface area contributed by atoms with Crippen LogP contribution in [0.25, 0.3) is 0 Å². The van der Waals surface area contributed by atoms with Crippen molar-refractivity contribution in [1.82, 2.24) is 0 Å². The average Bonchev–Trinajstić information content (AvgIpc) is 2.21. The van der Waals surface area contributed by atoms with Crippen molar-refractivity contribution in [2.75, 3.05) is 0 Å². The fourth-order valence-corrected chi connectivity index (χ4v) is 1.57. The average molecular weight is 196 g/mol. The van der Waals surface area contributed by atoms with Crippen molar-refractivity contribution >= 4 is 0 Å². The van der Waals surface area contributed by atoms with Gasteiger partial charge in [0.1, 0.15) is 0 Å². The predicted molar refractivity (Wildman–Crippen MR) is 64.9 cm³/mol. The lowest BCUT2D eigenvalue weighted by molar-refractivity contribution is 0.569. The lowest BCUT2D eigenvalue weighted by atomic mass is 10.1. The van der Waals surface area contributed by atoms with Crippen LogP contribution in [0, 0.1) is 6.04 Å². The maximum atomic E-state index is 5.65. The minimum Gasteiger partial charge on any atom is -0.320 e. The first kappa shape index (κ1) is 13.7. The molecule has 0 rings (SSSR count). The summed E-state index contributed by atoms with van der Waals surface area (Å²) in [6, 6.07) is 0.941. The van der Waals surface area contributed by atoms with Crippen LogP contribution in [0.15, 0.2) is 12.7 Å². The predicted octanol–water partition coefficient (Wildman–Crippen LogP) is 4.19. The van der Waals surface area contributed by atoms with E-state index in [-0.39, 0.29) is 0 Å². The summed E-state index contributed by atoms with van der Waals surface area (Å²) >= 11 is 0. The van der Waals surface area contributed by atoms with Crippen LogP contribution in [0.3, 0.4) is 0 Å². The largest absolute Gasteiger partial charge is 0.320 e. The molecule has 0 saturated carbocycles. The number of hydrogen-bond donors (Lipinski definition) is 1. The molecule has 0 atom stereocenters. The Bertz CT molecular complexity index is 120. The third-order valence-corrected chi connectivity index (χ3v) is 2.58. The summed E-state index contributed by atoms with van der Waals surface area (Å²) in [5, 5.41) is 0. The van der Waals surface area contributed by atoms with Gasteiger partial charge in [-0.25, -0.2) is 0 Å². The standard InChI is InChI=1S/C13H26N/c1-3-5-6-7-8-9-10-11-12-13(14)4-2/h4H,2-3,5-12,14H2,1H3. The van der Waals surface area contributed by atoms with Crippen molar-refractivity contribution in [3.05, 3.63) is 18.7 Å². The molecule has 0 aliphatic rings. The van der Waals surface area contributed by atoms with E-state index in [1.807, 2.05) is 0 Å². The Hall–Kier alpha value is -0.300. The molecular formula is C13H26N. The molecule has 0 aromatic rings. The third-order valence-electron chi connectivity index (χ3n) is 2.58. The highest BCUT2D eigenvalue weighted by atomic mass is 14.6. The molecule has 0 heterocycles. The van der Waals surface area contributed by atoms with Crippen molar-refractivity contribution < 1.29 is 0 Å². The Labute approximate surface area is 89.8 Å². The topological polar surface area (TPSA) is 26.0 Å². The fraction of sp³-hybridized carbons (Fsp3) is 0.769. The summed E-state index contributed by atoms with van der Waals surface area (Å²) in [4.78, 5) is 0. The molecule has 83 valence electrons. The number of hydrogen-bond acceptors (Lipinski definition) is 1. The second kappa shape index (κ2) is 10.8. The van der Waals surface area contributed by atoms with Gasteiger partial charge in [0.2, 0.25) is 0 Å². The first-order valence-corrected chi connectivity index (χ1v) is 6.05. The lowest BCUT2D eigenvalue weighted by Gasteiger charge is -2.04. The quantitative estimate of drug-likeness (QED) is 0.521. The summed E-state index contributed by atoms with van der Waals surface area (Å²) in [6.45, 7) is 5.91. The Balaban J connectivity index is 2.95. The van der Waals surface area contributed by atoms with Crippen LogP contribution >= 0.6 is 0 Å². The van der Waals surface area contributed by atoms with Gasteiger partial charge in [-0.05, 0) is 6.42 Å². The molecule has 0 fully saturated rings. The van der Waals surface area contributed by atoms with Crippen LogP contribution in [-0.2, 0) is 0 Å². The van der Waals surface area contributed by atoms with Crippen molar-refractivity contribution in [1.29, 1.82) is 0 Å². The second-order valence-corrected chi connectivity index (χ2v) is 4.00. The van der Waals surface area contributed by atoms with Gasteiger partial charge in [0, 0.05) is 0 Å². The molecule has 1 heteroatoms. The SMILES string of the molecule is C=C[C](N)CCCCCCCCCC.